The van der Waals surface area contributed by atoms with Gasteiger partial charge in [-0.25, -0.2) is 8.78 Å². The van der Waals surface area contributed by atoms with Gasteiger partial charge >= 0.3 is 12.3 Å². The summed E-state index contributed by atoms with van der Waals surface area (Å²) in [6, 6.07) is 0. The molecule has 0 unspecified atom stereocenters. The molecule has 5 heteroatoms. The number of halogens is 4. The fourth-order valence-electron chi connectivity index (χ4n) is 0.369. The molecule has 0 rings (SSSR count). The normalized spacial score (nSPS) is 12.6. The molecule has 0 saturated carbocycles. The zero-order valence-corrected chi connectivity index (χ0v) is 5.50. The van der Waals surface area contributed by atoms with Crippen LogP contribution in [-0.2, 0) is 0 Å². The maximum atomic E-state index is 11.9. The van der Waals surface area contributed by atoms with Crippen LogP contribution in [0, 0.1) is 0 Å². The minimum absolute atomic E-state index is 0.266. The van der Waals surface area contributed by atoms with Crippen LogP contribution in [0.1, 0.15) is 6.92 Å². The van der Waals surface area contributed by atoms with Crippen LogP contribution in [0.4, 0.5) is 17.6 Å². The standard InChI is InChI=1S/C5H9F4N/c1-2-10-3-5(8,9)4(6)7/h4,10H,2-3H2,1H3. The second kappa shape index (κ2) is 3.75. The Labute approximate surface area is 56.4 Å². The third kappa shape index (κ3) is 3.00. The van der Waals surface area contributed by atoms with E-state index in [4.69, 9.17) is 0 Å². The molecular formula is C5H9F4N. The maximum absolute atomic E-state index is 11.9. The Morgan fingerprint density at radius 2 is 1.90 bits per heavy atom. The number of rotatable bonds is 4. The van der Waals surface area contributed by atoms with Crippen molar-refractivity contribution in [3.8, 4) is 0 Å². The van der Waals surface area contributed by atoms with Gasteiger partial charge in [-0.15, -0.1) is 0 Å². The van der Waals surface area contributed by atoms with Gasteiger partial charge in [-0.2, -0.15) is 8.78 Å². The highest BCUT2D eigenvalue weighted by Crippen LogP contribution is 2.21. The van der Waals surface area contributed by atoms with Gasteiger partial charge < -0.3 is 5.32 Å². The Morgan fingerprint density at radius 1 is 1.40 bits per heavy atom. The largest absolute Gasteiger partial charge is 0.319 e. The van der Waals surface area contributed by atoms with E-state index < -0.39 is 18.9 Å². The van der Waals surface area contributed by atoms with Gasteiger partial charge in [-0.3, -0.25) is 0 Å². The van der Waals surface area contributed by atoms with E-state index in [1.165, 1.54) is 0 Å². The average molecular weight is 159 g/mol. The molecule has 0 aliphatic heterocycles. The molecule has 0 spiro atoms. The van der Waals surface area contributed by atoms with Gasteiger partial charge in [0, 0.05) is 0 Å². The van der Waals surface area contributed by atoms with Gasteiger partial charge in [0.1, 0.15) is 0 Å². The first-order valence-electron chi connectivity index (χ1n) is 2.87. The lowest BCUT2D eigenvalue weighted by Gasteiger charge is -2.14. The van der Waals surface area contributed by atoms with E-state index in [0.29, 0.717) is 0 Å². The summed E-state index contributed by atoms with van der Waals surface area (Å²) in [5, 5.41) is 2.14. The Bertz CT molecular complexity index is 93.6. The highest BCUT2D eigenvalue weighted by molar-refractivity contribution is 4.71. The van der Waals surface area contributed by atoms with Gasteiger partial charge in [-0.1, -0.05) is 6.92 Å². The lowest BCUT2D eigenvalue weighted by atomic mass is 10.3. The van der Waals surface area contributed by atoms with Gasteiger partial charge in [0.05, 0.1) is 6.54 Å². The van der Waals surface area contributed by atoms with Crippen LogP contribution in [0.3, 0.4) is 0 Å². The second-order valence-corrected chi connectivity index (χ2v) is 1.84. The summed E-state index contributed by atoms with van der Waals surface area (Å²) in [5.41, 5.74) is 0. The van der Waals surface area contributed by atoms with E-state index in [1.54, 1.807) is 6.92 Å². The van der Waals surface area contributed by atoms with E-state index in [1.807, 2.05) is 0 Å². The molecule has 0 radical (unpaired) electrons. The lowest BCUT2D eigenvalue weighted by molar-refractivity contribution is -0.124. The molecule has 0 saturated heterocycles. The predicted octanol–water partition coefficient (Wildman–Crippen LogP) is 1.50. The molecule has 1 nitrogen and oxygen atoms in total. The lowest BCUT2D eigenvalue weighted by Crippen LogP contribution is -2.38. The zero-order chi connectivity index (χ0) is 8.20. The molecule has 0 bridgehead atoms. The maximum Gasteiger partial charge on any atom is 0.319 e. The molecule has 0 aromatic rings. The van der Waals surface area contributed by atoms with Crippen molar-refractivity contribution < 1.29 is 17.6 Å². The number of hydrogen-bond acceptors (Lipinski definition) is 1. The van der Waals surface area contributed by atoms with Crippen molar-refractivity contribution in [1.29, 1.82) is 0 Å². The zero-order valence-electron chi connectivity index (χ0n) is 5.50. The minimum Gasteiger partial charge on any atom is -0.311 e. The second-order valence-electron chi connectivity index (χ2n) is 1.84. The minimum atomic E-state index is -3.89. The highest BCUT2D eigenvalue weighted by atomic mass is 19.3. The number of alkyl halides is 4. The summed E-state index contributed by atoms with van der Waals surface area (Å²) in [4.78, 5) is 0. The number of nitrogens with one attached hydrogen (secondary N) is 1. The summed E-state index contributed by atoms with van der Waals surface area (Å²) >= 11 is 0. The van der Waals surface area contributed by atoms with Crippen LogP contribution in [0.15, 0.2) is 0 Å². The molecule has 10 heavy (non-hydrogen) atoms. The van der Waals surface area contributed by atoms with Crippen molar-refractivity contribution in [3.05, 3.63) is 0 Å². The van der Waals surface area contributed by atoms with Gasteiger partial charge in [0.25, 0.3) is 0 Å². The molecule has 0 aromatic heterocycles. The molecule has 0 aromatic carbocycles. The summed E-state index contributed by atoms with van der Waals surface area (Å²) in [5.74, 6) is -3.89. The first kappa shape index (κ1) is 9.68. The molecule has 0 heterocycles. The van der Waals surface area contributed by atoms with E-state index in [9.17, 15) is 17.6 Å². The van der Waals surface area contributed by atoms with Crippen molar-refractivity contribution in [1.82, 2.24) is 5.32 Å². The fourth-order valence-corrected chi connectivity index (χ4v) is 0.369. The average Bonchev–Trinajstić information content (AvgIpc) is 1.84. The first-order chi connectivity index (χ1) is 4.50. The van der Waals surface area contributed by atoms with Gasteiger partial charge in [-0.05, 0) is 6.54 Å². The quantitative estimate of drug-likeness (QED) is 0.613. The van der Waals surface area contributed by atoms with E-state index >= 15 is 0 Å². The monoisotopic (exact) mass is 159 g/mol. The predicted molar refractivity (Wildman–Crippen MR) is 29.5 cm³/mol. The van der Waals surface area contributed by atoms with E-state index in [-0.39, 0.29) is 6.54 Å². The Balaban J connectivity index is 3.63. The Kier molecular flexibility index (Phi) is 3.63. The molecular weight excluding hydrogens is 150 g/mol. The molecule has 0 fully saturated rings. The van der Waals surface area contributed by atoms with E-state index in [2.05, 4.69) is 5.32 Å². The molecule has 62 valence electrons. The van der Waals surface area contributed by atoms with Crippen LogP contribution in [0.2, 0.25) is 0 Å². The third-order valence-electron chi connectivity index (χ3n) is 0.930. The van der Waals surface area contributed by atoms with Crippen molar-refractivity contribution in [3.63, 3.8) is 0 Å². The summed E-state index contributed by atoms with van der Waals surface area (Å²) in [7, 11) is 0. The molecule has 1 N–H and O–H groups in total. The first-order valence-corrected chi connectivity index (χ1v) is 2.87. The summed E-state index contributed by atoms with van der Waals surface area (Å²) < 4.78 is 46.5. The molecule has 0 amide bonds. The fraction of sp³-hybridized carbons (Fsp3) is 1.00. The van der Waals surface area contributed by atoms with Crippen LogP contribution in [0.5, 0.6) is 0 Å². The topological polar surface area (TPSA) is 12.0 Å². The van der Waals surface area contributed by atoms with Gasteiger partial charge in [0.15, 0.2) is 0 Å². The van der Waals surface area contributed by atoms with Crippen molar-refractivity contribution in [2.75, 3.05) is 13.1 Å². The SMILES string of the molecule is CCNCC(F)(F)C(F)F. The van der Waals surface area contributed by atoms with Crippen LogP contribution in [-0.4, -0.2) is 25.4 Å². The molecule has 0 atom stereocenters. The Hall–Kier alpha value is -0.320. The summed E-state index contributed by atoms with van der Waals surface area (Å²) in [6.07, 6.45) is -3.58. The summed E-state index contributed by atoms with van der Waals surface area (Å²) in [6.45, 7) is 0.880. The van der Waals surface area contributed by atoms with Gasteiger partial charge in [0.2, 0.25) is 0 Å². The van der Waals surface area contributed by atoms with E-state index in [0.717, 1.165) is 0 Å². The molecule has 0 aliphatic rings. The van der Waals surface area contributed by atoms with Crippen molar-refractivity contribution in [2.45, 2.75) is 19.3 Å². The third-order valence-corrected chi connectivity index (χ3v) is 0.930. The molecule has 0 aliphatic carbocycles. The van der Waals surface area contributed by atoms with Crippen LogP contribution in [0.25, 0.3) is 0 Å². The van der Waals surface area contributed by atoms with Crippen LogP contribution >= 0.6 is 0 Å². The van der Waals surface area contributed by atoms with Crippen molar-refractivity contribution in [2.24, 2.45) is 0 Å². The van der Waals surface area contributed by atoms with Crippen LogP contribution < -0.4 is 5.32 Å². The van der Waals surface area contributed by atoms with Crippen molar-refractivity contribution >= 4 is 0 Å². The smallest absolute Gasteiger partial charge is 0.311 e. The Morgan fingerprint density at radius 3 is 2.20 bits per heavy atom. The number of hydrogen-bond donors (Lipinski definition) is 1. The highest BCUT2D eigenvalue weighted by Gasteiger charge is 2.39.